The molecule has 0 aliphatic heterocycles. The predicted molar refractivity (Wildman–Crippen MR) is 40.9 cm³/mol. The fourth-order valence-corrected chi connectivity index (χ4v) is 0.762. The molecule has 0 saturated heterocycles. The normalized spacial score (nSPS) is 9.91. The van der Waals surface area contributed by atoms with Crippen molar-refractivity contribution >= 4 is 0 Å². The first-order chi connectivity index (χ1) is 5.43. The highest BCUT2D eigenvalue weighted by Gasteiger charge is 1.89. The monoisotopic (exact) mass is 153 g/mol. The van der Waals surface area contributed by atoms with Crippen LogP contribution in [0.15, 0.2) is 24.3 Å². The molecule has 0 aromatic heterocycles. The van der Waals surface area contributed by atoms with E-state index < -0.39 is 6.67 Å². The Morgan fingerprint density at radius 2 is 2.09 bits per heavy atom. The fourth-order valence-electron chi connectivity index (χ4n) is 0.762. The van der Waals surface area contributed by atoms with E-state index in [2.05, 4.69) is 6.07 Å². The van der Waals surface area contributed by atoms with Gasteiger partial charge in [0.1, 0.15) is 6.67 Å². The zero-order valence-corrected chi connectivity index (χ0v) is 6.22. The van der Waals surface area contributed by atoms with E-state index in [0.29, 0.717) is 6.61 Å². The van der Waals surface area contributed by atoms with Crippen LogP contribution in [0, 0.1) is 6.07 Å². The zero-order chi connectivity index (χ0) is 7.94. The summed E-state index contributed by atoms with van der Waals surface area (Å²) in [4.78, 5) is 0. The van der Waals surface area contributed by atoms with E-state index in [-0.39, 0.29) is 6.61 Å². The second kappa shape index (κ2) is 4.85. The molecule has 0 unspecified atom stereocenters. The van der Waals surface area contributed by atoms with Crippen molar-refractivity contribution in [2.75, 3.05) is 13.3 Å². The van der Waals surface area contributed by atoms with Crippen LogP contribution >= 0.6 is 0 Å². The first-order valence-corrected chi connectivity index (χ1v) is 3.52. The molecule has 2 heteroatoms. The molecular weight excluding hydrogens is 143 g/mol. The lowest BCUT2D eigenvalue weighted by Crippen LogP contribution is -1.95. The molecule has 0 fully saturated rings. The van der Waals surface area contributed by atoms with Gasteiger partial charge in [-0.15, -0.1) is 0 Å². The van der Waals surface area contributed by atoms with E-state index in [1.54, 1.807) is 0 Å². The molecule has 0 aliphatic rings. The van der Waals surface area contributed by atoms with Gasteiger partial charge in [0, 0.05) is 0 Å². The lowest BCUT2D eigenvalue weighted by Gasteiger charge is -1.99. The largest absolute Gasteiger partial charge is 0.374 e. The van der Waals surface area contributed by atoms with E-state index in [9.17, 15) is 4.39 Å². The minimum absolute atomic E-state index is 0.179. The van der Waals surface area contributed by atoms with Gasteiger partial charge in [0.15, 0.2) is 0 Å². The van der Waals surface area contributed by atoms with Gasteiger partial charge in [-0.1, -0.05) is 24.3 Å². The number of alkyl halides is 1. The van der Waals surface area contributed by atoms with Crippen molar-refractivity contribution in [2.24, 2.45) is 0 Å². The molecule has 0 bridgehead atoms. The van der Waals surface area contributed by atoms with Gasteiger partial charge in [-0.2, -0.15) is 0 Å². The van der Waals surface area contributed by atoms with Gasteiger partial charge in [-0.05, 0) is 11.6 Å². The summed E-state index contributed by atoms with van der Waals surface area (Å²) in [5.74, 6) is 0. The molecule has 0 saturated carbocycles. The number of hydrogen-bond donors (Lipinski definition) is 0. The third-order valence-electron chi connectivity index (χ3n) is 1.28. The van der Waals surface area contributed by atoms with E-state index in [0.717, 1.165) is 5.56 Å². The van der Waals surface area contributed by atoms with Gasteiger partial charge in [0.2, 0.25) is 0 Å². The highest BCUT2D eigenvalue weighted by atomic mass is 19.1. The Bertz CT molecular complexity index is 186. The molecule has 0 heterocycles. The van der Waals surface area contributed by atoms with Crippen molar-refractivity contribution in [3.8, 4) is 0 Å². The van der Waals surface area contributed by atoms with Crippen molar-refractivity contribution in [1.82, 2.24) is 0 Å². The van der Waals surface area contributed by atoms with Gasteiger partial charge >= 0.3 is 0 Å². The minimum atomic E-state index is -0.418. The molecule has 0 spiro atoms. The third kappa shape index (κ3) is 3.14. The second-order valence-corrected chi connectivity index (χ2v) is 2.15. The van der Waals surface area contributed by atoms with Crippen LogP contribution < -0.4 is 0 Å². The number of hydrogen-bond acceptors (Lipinski definition) is 1. The molecule has 0 N–H and O–H groups in total. The van der Waals surface area contributed by atoms with Crippen molar-refractivity contribution in [3.63, 3.8) is 0 Å². The first kappa shape index (κ1) is 8.21. The molecule has 1 radical (unpaired) electrons. The van der Waals surface area contributed by atoms with Crippen LogP contribution in [0.1, 0.15) is 5.56 Å². The van der Waals surface area contributed by atoms with Gasteiger partial charge < -0.3 is 4.74 Å². The van der Waals surface area contributed by atoms with E-state index in [1.807, 2.05) is 24.3 Å². The Hall–Kier alpha value is -0.890. The molecule has 1 aromatic rings. The van der Waals surface area contributed by atoms with E-state index >= 15 is 0 Å². The van der Waals surface area contributed by atoms with Crippen LogP contribution in [-0.2, 0) is 11.3 Å². The standard InChI is InChI=1S/C9H10FO/c10-6-7-11-8-9-4-2-1-3-5-9/h2-5H,6-8H2. The maximum atomic E-state index is 11.6. The quantitative estimate of drug-likeness (QED) is 0.601. The minimum Gasteiger partial charge on any atom is -0.374 e. The van der Waals surface area contributed by atoms with Gasteiger partial charge in [-0.25, -0.2) is 4.39 Å². The maximum absolute atomic E-state index is 11.6. The Morgan fingerprint density at radius 1 is 1.36 bits per heavy atom. The molecule has 0 aliphatic carbocycles. The lowest BCUT2D eigenvalue weighted by atomic mass is 10.2. The third-order valence-corrected chi connectivity index (χ3v) is 1.28. The zero-order valence-electron chi connectivity index (χ0n) is 6.22. The highest BCUT2D eigenvalue weighted by molar-refractivity contribution is 5.12. The topological polar surface area (TPSA) is 9.23 Å². The summed E-state index contributed by atoms with van der Waals surface area (Å²) in [6, 6.07) is 10.3. The average Bonchev–Trinajstić information content (AvgIpc) is 2.07. The predicted octanol–water partition coefficient (Wildman–Crippen LogP) is 1.97. The van der Waals surface area contributed by atoms with Crippen LogP contribution in [0.3, 0.4) is 0 Å². The number of benzene rings is 1. The summed E-state index contributed by atoms with van der Waals surface area (Å²) < 4.78 is 16.5. The summed E-state index contributed by atoms with van der Waals surface area (Å²) in [5, 5.41) is 0. The Kier molecular flexibility index (Phi) is 3.62. The summed E-state index contributed by atoms with van der Waals surface area (Å²) >= 11 is 0. The van der Waals surface area contributed by atoms with Crippen LogP contribution in [0.25, 0.3) is 0 Å². The summed E-state index contributed by atoms with van der Waals surface area (Å²) in [6.45, 7) is 0.246. The van der Waals surface area contributed by atoms with Crippen molar-refractivity contribution in [3.05, 3.63) is 35.9 Å². The second-order valence-electron chi connectivity index (χ2n) is 2.15. The SMILES string of the molecule is FCCOCc1cc[c]cc1. The smallest absolute Gasteiger partial charge is 0.113 e. The number of halogens is 1. The first-order valence-electron chi connectivity index (χ1n) is 3.52. The summed E-state index contributed by atoms with van der Waals surface area (Å²) in [5.41, 5.74) is 1.05. The highest BCUT2D eigenvalue weighted by Crippen LogP contribution is 1.99. The average molecular weight is 153 g/mol. The number of rotatable bonds is 4. The maximum Gasteiger partial charge on any atom is 0.113 e. The van der Waals surface area contributed by atoms with Crippen LogP contribution in [0.2, 0.25) is 0 Å². The van der Waals surface area contributed by atoms with Gasteiger partial charge in [0.05, 0.1) is 13.2 Å². The van der Waals surface area contributed by atoms with Crippen molar-refractivity contribution < 1.29 is 9.13 Å². The molecular formula is C9H10FO. The molecule has 59 valence electrons. The Balaban J connectivity index is 2.28. The lowest BCUT2D eigenvalue weighted by molar-refractivity contribution is 0.106. The molecule has 11 heavy (non-hydrogen) atoms. The van der Waals surface area contributed by atoms with Gasteiger partial charge in [0.25, 0.3) is 0 Å². The van der Waals surface area contributed by atoms with Crippen LogP contribution in [0.5, 0.6) is 0 Å². The molecule has 1 rings (SSSR count). The van der Waals surface area contributed by atoms with Crippen molar-refractivity contribution in [2.45, 2.75) is 6.61 Å². The Labute approximate surface area is 65.8 Å². The number of ether oxygens (including phenoxy) is 1. The fraction of sp³-hybridized carbons (Fsp3) is 0.333. The molecule has 0 amide bonds. The van der Waals surface area contributed by atoms with E-state index in [4.69, 9.17) is 4.74 Å². The van der Waals surface area contributed by atoms with Crippen LogP contribution in [0.4, 0.5) is 4.39 Å². The van der Waals surface area contributed by atoms with Crippen LogP contribution in [-0.4, -0.2) is 13.3 Å². The van der Waals surface area contributed by atoms with E-state index in [1.165, 1.54) is 0 Å². The summed E-state index contributed by atoms with van der Waals surface area (Å²) in [7, 11) is 0. The molecule has 1 nitrogen and oxygen atoms in total. The van der Waals surface area contributed by atoms with Crippen molar-refractivity contribution in [1.29, 1.82) is 0 Å². The Morgan fingerprint density at radius 3 is 2.73 bits per heavy atom. The summed E-state index contributed by atoms with van der Waals surface area (Å²) in [6.07, 6.45) is 0. The molecule has 0 atom stereocenters. The molecule has 1 aromatic carbocycles. The van der Waals surface area contributed by atoms with Gasteiger partial charge in [-0.3, -0.25) is 0 Å².